The Morgan fingerprint density at radius 1 is 1.19 bits per heavy atom. The second-order valence-corrected chi connectivity index (χ2v) is 5.87. The Bertz CT molecular complexity index is 626. The maximum absolute atomic E-state index is 11.0. The molecule has 0 heterocycles. The van der Waals surface area contributed by atoms with Gasteiger partial charge in [-0.2, -0.15) is 11.8 Å². The Hall–Kier alpha value is -1.65. The minimum atomic E-state index is -0.929. The summed E-state index contributed by atoms with van der Waals surface area (Å²) in [7, 11) is 1.59. The van der Waals surface area contributed by atoms with E-state index in [-0.39, 0.29) is 5.56 Å². The SMILES string of the molecule is COc1ccc(C(=O)O)cc1CSCc1ccc(Cl)cc1. The molecule has 0 radical (unpaired) electrons. The molecule has 110 valence electrons. The van der Waals surface area contributed by atoms with Gasteiger partial charge in [-0.25, -0.2) is 4.79 Å². The summed E-state index contributed by atoms with van der Waals surface area (Å²) in [5, 5.41) is 9.76. The highest BCUT2D eigenvalue weighted by Crippen LogP contribution is 2.26. The first-order valence-electron chi connectivity index (χ1n) is 6.32. The van der Waals surface area contributed by atoms with Gasteiger partial charge in [0.1, 0.15) is 5.75 Å². The number of carboxylic acid groups (broad SMARTS) is 1. The van der Waals surface area contributed by atoms with Crippen LogP contribution in [0.3, 0.4) is 0 Å². The van der Waals surface area contributed by atoms with Gasteiger partial charge in [0.15, 0.2) is 0 Å². The molecule has 2 aromatic rings. The van der Waals surface area contributed by atoms with Crippen molar-refractivity contribution in [3.05, 3.63) is 64.2 Å². The second-order valence-electron chi connectivity index (χ2n) is 4.45. The Kier molecular flexibility index (Phi) is 5.53. The molecule has 0 aromatic heterocycles. The van der Waals surface area contributed by atoms with Crippen LogP contribution in [0.4, 0.5) is 0 Å². The van der Waals surface area contributed by atoms with Gasteiger partial charge in [-0.15, -0.1) is 0 Å². The van der Waals surface area contributed by atoms with Crippen LogP contribution in [0.15, 0.2) is 42.5 Å². The maximum atomic E-state index is 11.0. The van der Waals surface area contributed by atoms with E-state index < -0.39 is 5.97 Å². The lowest BCUT2D eigenvalue weighted by molar-refractivity contribution is 0.0696. The molecule has 0 aliphatic carbocycles. The van der Waals surface area contributed by atoms with Gasteiger partial charge in [-0.05, 0) is 35.9 Å². The molecule has 0 aliphatic heterocycles. The Labute approximate surface area is 132 Å². The third-order valence-corrected chi connectivity index (χ3v) is 4.27. The fraction of sp³-hybridized carbons (Fsp3) is 0.188. The number of rotatable bonds is 6. The summed E-state index contributed by atoms with van der Waals surface area (Å²) >= 11 is 7.55. The summed E-state index contributed by atoms with van der Waals surface area (Å²) in [5.74, 6) is 1.30. The summed E-state index contributed by atoms with van der Waals surface area (Å²) in [6.07, 6.45) is 0. The van der Waals surface area contributed by atoms with E-state index in [4.69, 9.17) is 21.4 Å². The van der Waals surface area contributed by atoms with Crippen molar-refractivity contribution in [2.75, 3.05) is 7.11 Å². The summed E-state index contributed by atoms with van der Waals surface area (Å²) in [6.45, 7) is 0. The van der Waals surface area contributed by atoms with E-state index in [2.05, 4.69) is 0 Å². The predicted molar refractivity (Wildman–Crippen MR) is 86.4 cm³/mol. The number of aromatic carboxylic acids is 1. The van der Waals surface area contributed by atoms with Crippen LogP contribution in [-0.2, 0) is 11.5 Å². The number of hydrogen-bond acceptors (Lipinski definition) is 3. The minimum absolute atomic E-state index is 0.276. The quantitative estimate of drug-likeness (QED) is 0.851. The third kappa shape index (κ3) is 4.41. The Morgan fingerprint density at radius 3 is 2.52 bits per heavy atom. The number of benzene rings is 2. The molecule has 0 spiro atoms. The van der Waals surface area contributed by atoms with Crippen LogP contribution < -0.4 is 4.74 Å². The molecule has 0 bridgehead atoms. The highest BCUT2D eigenvalue weighted by molar-refractivity contribution is 7.97. The van der Waals surface area contributed by atoms with E-state index in [0.29, 0.717) is 11.5 Å². The lowest BCUT2D eigenvalue weighted by Crippen LogP contribution is -1.99. The van der Waals surface area contributed by atoms with E-state index in [1.807, 2.05) is 24.3 Å². The molecule has 5 heteroatoms. The average molecular weight is 323 g/mol. The molecule has 21 heavy (non-hydrogen) atoms. The van der Waals surface area contributed by atoms with Crippen LogP contribution in [0.25, 0.3) is 0 Å². The number of hydrogen-bond donors (Lipinski definition) is 1. The molecule has 0 amide bonds. The van der Waals surface area contributed by atoms with E-state index in [1.54, 1.807) is 37.1 Å². The highest BCUT2D eigenvalue weighted by Gasteiger charge is 2.09. The molecule has 0 atom stereocenters. The van der Waals surface area contributed by atoms with Crippen molar-refractivity contribution in [3.8, 4) is 5.75 Å². The summed E-state index contributed by atoms with van der Waals surface area (Å²) in [5.41, 5.74) is 2.34. The average Bonchev–Trinajstić information content (AvgIpc) is 2.49. The van der Waals surface area contributed by atoms with Gasteiger partial charge in [0.2, 0.25) is 0 Å². The first-order chi connectivity index (χ1) is 10.1. The smallest absolute Gasteiger partial charge is 0.335 e. The largest absolute Gasteiger partial charge is 0.496 e. The van der Waals surface area contributed by atoms with Gasteiger partial charge >= 0.3 is 5.97 Å². The van der Waals surface area contributed by atoms with Gasteiger partial charge in [-0.1, -0.05) is 23.7 Å². The zero-order valence-corrected chi connectivity index (χ0v) is 13.1. The molecule has 2 rings (SSSR count). The monoisotopic (exact) mass is 322 g/mol. The van der Waals surface area contributed by atoms with Crippen LogP contribution in [0.1, 0.15) is 21.5 Å². The number of ether oxygens (including phenoxy) is 1. The summed E-state index contributed by atoms with van der Waals surface area (Å²) in [6, 6.07) is 12.6. The predicted octanol–water partition coefficient (Wildman–Crippen LogP) is 4.48. The lowest BCUT2D eigenvalue weighted by Gasteiger charge is -2.09. The van der Waals surface area contributed by atoms with Crippen LogP contribution in [0, 0.1) is 0 Å². The second kappa shape index (κ2) is 7.38. The first kappa shape index (κ1) is 15.7. The number of thioether (sulfide) groups is 1. The van der Waals surface area contributed by atoms with E-state index in [9.17, 15) is 4.79 Å². The van der Waals surface area contributed by atoms with Crippen LogP contribution in [0.5, 0.6) is 5.75 Å². The zero-order chi connectivity index (χ0) is 15.2. The number of methoxy groups -OCH3 is 1. The van der Waals surface area contributed by atoms with Gasteiger partial charge in [0.05, 0.1) is 12.7 Å². The number of carbonyl (C=O) groups is 1. The van der Waals surface area contributed by atoms with Crippen molar-refractivity contribution in [1.29, 1.82) is 0 Å². The standard InChI is InChI=1S/C16H15ClO3S/c1-20-15-7-4-12(16(18)19)8-13(15)10-21-9-11-2-5-14(17)6-3-11/h2-8H,9-10H2,1H3,(H,18,19). The van der Waals surface area contributed by atoms with Gasteiger partial charge in [0, 0.05) is 22.1 Å². The molecule has 2 aromatic carbocycles. The van der Waals surface area contributed by atoms with Crippen molar-refractivity contribution >= 4 is 29.3 Å². The van der Waals surface area contributed by atoms with E-state index in [1.165, 1.54) is 5.56 Å². The third-order valence-electron chi connectivity index (χ3n) is 2.97. The molecule has 0 saturated carbocycles. The van der Waals surface area contributed by atoms with E-state index in [0.717, 1.165) is 16.3 Å². The van der Waals surface area contributed by atoms with Crippen LogP contribution in [-0.4, -0.2) is 18.2 Å². The fourth-order valence-corrected chi connectivity index (χ4v) is 2.99. The van der Waals surface area contributed by atoms with Crippen molar-refractivity contribution in [3.63, 3.8) is 0 Å². The number of halogens is 1. The molecule has 0 fully saturated rings. The first-order valence-corrected chi connectivity index (χ1v) is 7.86. The van der Waals surface area contributed by atoms with Crippen molar-refractivity contribution < 1.29 is 14.6 Å². The van der Waals surface area contributed by atoms with Crippen LogP contribution in [0.2, 0.25) is 5.02 Å². The summed E-state index contributed by atoms with van der Waals surface area (Å²) < 4.78 is 5.27. The van der Waals surface area contributed by atoms with Crippen molar-refractivity contribution in [2.45, 2.75) is 11.5 Å². The molecule has 3 nitrogen and oxygen atoms in total. The van der Waals surface area contributed by atoms with Gasteiger partial charge in [-0.3, -0.25) is 0 Å². The summed E-state index contributed by atoms with van der Waals surface area (Å²) in [4.78, 5) is 11.0. The molecule has 0 unspecified atom stereocenters. The van der Waals surface area contributed by atoms with E-state index >= 15 is 0 Å². The van der Waals surface area contributed by atoms with Crippen LogP contribution >= 0.6 is 23.4 Å². The Morgan fingerprint density at radius 2 is 1.90 bits per heavy atom. The molecular weight excluding hydrogens is 308 g/mol. The van der Waals surface area contributed by atoms with Crippen molar-refractivity contribution in [2.24, 2.45) is 0 Å². The lowest BCUT2D eigenvalue weighted by atomic mass is 10.1. The maximum Gasteiger partial charge on any atom is 0.335 e. The topological polar surface area (TPSA) is 46.5 Å². The van der Waals surface area contributed by atoms with Gasteiger partial charge in [0.25, 0.3) is 0 Å². The molecule has 0 aliphatic rings. The fourth-order valence-electron chi connectivity index (χ4n) is 1.88. The van der Waals surface area contributed by atoms with Crippen molar-refractivity contribution in [1.82, 2.24) is 0 Å². The Balaban J connectivity index is 2.03. The normalized spacial score (nSPS) is 10.4. The molecule has 1 N–H and O–H groups in total. The number of carboxylic acids is 1. The molecule has 0 saturated heterocycles. The zero-order valence-electron chi connectivity index (χ0n) is 11.5. The minimum Gasteiger partial charge on any atom is -0.496 e. The van der Waals surface area contributed by atoms with Gasteiger partial charge < -0.3 is 9.84 Å². The molecular formula is C16H15ClO3S. The highest BCUT2D eigenvalue weighted by atomic mass is 35.5.